The predicted octanol–water partition coefficient (Wildman–Crippen LogP) is 3.30. The number of carbonyl (C=O) groups is 1. The lowest BCUT2D eigenvalue weighted by Crippen LogP contribution is -2.24. The van der Waals surface area contributed by atoms with E-state index in [0.29, 0.717) is 0 Å². The van der Waals surface area contributed by atoms with Gasteiger partial charge < -0.3 is 4.74 Å². The fraction of sp³-hybridized carbons (Fsp3) is 0.917. The van der Waals surface area contributed by atoms with Crippen molar-refractivity contribution in [1.82, 2.24) is 0 Å². The van der Waals surface area contributed by atoms with E-state index in [1.165, 1.54) is 12.8 Å². The highest BCUT2D eigenvalue weighted by Gasteiger charge is 2.45. The van der Waals surface area contributed by atoms with Gasteiger partial charge in [0.1, 0.15) is 6.10 Å². The Morgan fingerprint density at radius 1 is 1.36 bits per heavy atom. The molecule has 0 aromatic heterocycles. The second-order valence-corrected chi connectivity index (χ2v) is 4.36. The van der Waals surface area contributed by atoms with E-state index in [0.717, 1.165) is 25.7 Å². The topological polar surface area (TPSA) is 26.3 Å². The summed E-state index contributed by atoms with van der Waals surface area (Å²) in [5, 5.41) is 0. The fourth-order valence-electron chi connectivity index (χ4n) is 2.26. The van der Waals surface area contributed by atoms with E-state index in [-0.39, 0.29) is 17.5 Å². The van der Waals surface area contributed by atoms with Crippen LogP contribution in [0.1, 0.15) is 59.3 Å². The normalized spacial score (nSPS) is 25.1. The van der Waals surface area contributed by atoms with Gasteiger partial charge in [-0.2, -0.15) is 0 Å². The summed E-state index contributed by atoms with van der Waals surface area (Å²) in [6, 6.07) is 0. The summed E-state index contributed by atoms with van der Waals surface area (Å²) in [6.45, 7) is 6.35. The van der Waals surface area contributed by atoms with Crippen molar-refractivity contribution in [3.05, 3.63) is 0 Å². The SMILES string of the molecule is CCCCC1CC(CC)(CC)C(=O)O1. The van der Waals surface area contributed by atoms with Crippen molar-refractivity contribution >= 4 is 5.97 Å². The second kappa shape index (κ2) is 4.81. The van der Waals surface area contributed by atoms with Crippen LogP contribution in [0.2, 0.25) is 0 Å². The first kappa shape index (κ1) is 11.5. The molecule has 0 aromatic carbocycles. The van der Waals surface area contributed by atoms with Crippen LogP contribution in [0.5, 0.6) is 0 Å². The molecule has 0 amide bonds. The maximum Gasteiger partial charge on any atom is 0.312 e. The summed E-state index contributed by atoms with van der Waals surface area (Å²) >= 11 is 0. The number of esters is 1. The van der Waals surface area contributed by atoms with Crippen molar-refractivity contribution in [2.45, 2.75) is 65.4 Å². The first-order valence-corrected chi connectivity index (χ1v) is 5.89. The monoisotopic (exact) mass is 198 g/mol. The Labute approximate surface area is 87.0 Å². The van der Waals surface area contributed by atoms with E-state index < -0.39 is 0 Å². The third-order valence-corrected chi connectivity index (χ3v) is 3.56. The molecular formula is C12H22O2. The number of ether oxygens (including phenoxy) is 1. The molecule has 0 aliphatic carbocycles. The predicted molar refractivity (Wildman–Crippen MR) is 57.0 cm³/mol. The summed E-state index contributed by atoms with van der Waals surface area (Å²) in [4.78, 5) is 11.7. The Hall–Kier alpha value is -0.530. The van der Waals surface area contributed by atoms with Gasteiger partial charge in [0.25, 0.3) is 0 Å². The zero-order chi connectivity index (χ0) is 10.6. The van der Waals surface area contributed by atoms with Gasteiger partial charge in [-0.1, -0.05) is 33.6 Å². The Bertz CT molecular complexity index is 194. The average molecular weight is 198 g/mol. The van der Waals surface area contributed by atoms with E-state index in [1.807, 2.05) is 0 Å². The zero-order valence-electron chi connectivity index (χ0n) is 9.64. The molecule has 0 saturated carbocycles. The number of carbonyl (C=O) groups excluding carboxylic acids is 1. The molecule has 1 saturated heterocycles. The molecule has 0 aromatic rings. The lowest BCUT2D eigenvalue weighted by molar-refractivity contribution is -0.149. The molecular weight excluding hydrogens is 176 g/mol. The van der Waals surface area contributed by atoms with Gasteiger partial charge in [0.2, 0.25) is 0 Å². The van der Waals surface area contributed by atoms with Gasteiger partial charge in [-0.3, -0.25) is 4.79 Å². The highest BCUT2D eigenvalue weighted by molar-refractivity contribution is 5.78. The van der Waals surface area contributed by atoms with Gasteiger partial charge in [0.05, 0.1) is 5.41 Å². The number of rotatable bonds is 5. The highest BCUT2D eigenvalue weighted by Crippen LogP contribution is 2.41. The Morgan fingerprint density at radius 3 is 2.43 bits per heavy atom. The maximum atomic E-state index is 11.7. The number of hydrogen-bond acceptors (Lipinski definition) is 2. The molecule has 1 rings (SSSR count). The maximum absolute atomic E-state index is 11.7. The molecule has 2 nitrogen and oxygen atoms in total. The van der Waals surface area contributed by atoms with Crippen molar-refractivity contribution < 1.29 is 9.53 Å². The van der Waals surface area contributed by atoms with E-state index in [9.17, 15) is 4.79 Å². The average Bonchev–Trinajstić information content (AvgIpc) is 2.53. The second-order valence-electron chi connectivity index (χ2n) is 4.36. The summed E-state index contributed by atoms with van der Waals surface area (Å²) in [5.74, 6) is 0.0450. The minimum absolute atomic E-state index is 0.0450. The van der Waals surface area contributed by atoms with Crippen LogP contribution in [0.3, 0.4) is 0 Å². The van der Waals surface area contributed by atoms with Crippen LogP contribution >= 0.6 is 0 Å². The fourth-order valence-corrected chi connectivity index (χ4v) is 2.26. The largest absolute Gasteiger partial charge is 0.462 e. The first-order chi connectivity index (χ1) is 6.68. The van der Waals surface area contributed by atoms with Gasteiger partial charge >= 0.3 is 5.97 Å². The molecule has 0 radical (unpaired) electrons. The molecule has 14 heavy (non-hydrogen) atoms. The van der Waals surface area contributed by atoms with Crippen LogP contribution in [0.15, 0.2) is 0 Å². The third kappa shape index (κ3) is 2.10. The van der Waals surface area contributed by atoms with Gasteiger partial charge in [-0.05, 0) is 19.3 Å². The zero-order valence-corrected chi connectivity index (χ0v) is 9.64. The van der Waals surface area contributed by atoms with Crippen LogP contribution in [0.4, 0.5) is 0 Å². The first-order valence-electron chi connectivity index (χ1n) is 5.89. The van der Waals surface area contributed by atoms with Crippen LogP contribution < -0.4 is 0 Å². The lowest BCUT2D eigenvalue weighted by Gasteiger charge is -2.19. The van der Waals surface area contributed by atoms with Crippen molar-refractivity contribution in [2.24, 2.45) is 5.41 Å². The lowest BCUT2D eigenvalue weighted by atomic mass is 9.79. The summed E-state index contributed by atoms with van der Waals surface area (Å²) < 4.78 is 5.42. The van der Waals surface area contributed by atoms with Crippen LogP contribution in [-0.2, 0) is 9.53 Å². The van der Waals surface area contributed by atoms with Crippen LogP contribution in [0.25, 0.3) is 0 Å². The minimum atomic E-state index is -0.154. The Balaban J connectivity index is 2.54. The van der Waals surface area contributed by atoms with E-state index >= 15 is 0 Å². The number of unbranched alkanes of at least 4 members (excludes halogenated alkanes) is 1. The van der Waals surface area contributed by atoms with Crippen molar-refractivity contribution in [1.29, 1.82) is 0 Å². The van der Waals surface area contributed by atoms with Gasteiger partial charge in [0.15, 0.2) is 0 Å². The highest BCUT2D eigenvalue weighted by atomic mass is 16.6. The summed E-state index contributed by atoms with van der Waals surface area (Å²) in [5.41, 5.74) is -0.154. The van der Waals surface area contributed by atoms with Crippen molar-refractivity contribution in [3.63, 3.8) is 0 Å². The van der Waals surface area contributed by atoms with Crippen molar-refractivity contribution in [3.8, 4) is 0 Å². The minimum Gasteiger partial charge on any atom is -0.462 e. The van der Waals surface area contributed by atoms with Crippen LogP contribution in [-0.4, -0.2) is 12.1 Å². The molecule has 1 heterocycles. The third-order valence-electron chi connectivity index (χ3n) is 3.56. The molecule has 1 aliphatic heterocycles. The van der Waals surface area contributed by atoms with E-state index in [4.69, 9.17) is 4.74 Å². The molecule has 1 atom stereocenters. The molecule has 2 heteroatoms. The van der Waals surface area contributed by atoms with Gasteiger partial charge in [-0.15, -0.1) is 0 Å². The smallest absolute Gasteiger partial charge is 0.312 e. The quantitative estimate of drug-likeness (QED) is 0.633. The molecule has 0 bridgehead atoms. The standard InChI is InChI=1S/C12H22O2/c1-4-7-8-10-9-12(5-2,6-3)11(13)14-10/h10H,4-9H2,1-3H3. The van der Waals surface area contributed by atoms with E-state index in [2.05, 4.69) is 20.8 Å². The molecule has 0 spiro atoms. The molecule has 1 fully saturated rings. The molecule has 82 valence electrons. The summed E-state index contributed by atoms with van der Waals surface area (Å²) in [7, 11) is 0. The Kier molecular flexibility index (Phi) is 3.97. The molecule has 1 unspecified atom stereocenters. The van der Waals surface area contributed by atoms with E-state index in [1.54, 1.807) is 0 Å². The van der Waals surface area contributed by atoms with Gasteiger partial charge in [-0.25, -0.2) is 0 Å². The molecule has 0 N–H and O–H groups in total. The van der Waals surface area contributed by atoms with Crippen molar-refractivity contribution in [2.75, 3.05) is 0 Å². The van der Waals surface area contributed by atoms with Crippen LogP contribution in [0, 0.1) is 5.41 Å². The number of cyclic esters (lactones) is 1. The molecule has 1 aliphatic rings. The number of hydrogen-bond donors (Lipinski definition) is 0. The Morgan fingerprint density at radius 2 is 2.00 bits per heavy atom. The summed E-state index contributed by atoms with van der Waals surface area (Å²) in [6.07, 6.45) is 6.38. The van der Waals surface area contributed by atoms with Gasteiger partial charge in [0, 0.05) is 6.42 Å².